The van der Waals surface area contributed by atoms with Crippen molar-refractivity contribution < 1.29 is 9.84 Å². The average molecular weight is 383 g/mol. The lowest BCUT2D eigenvalue weighted by Crippen LogP contribution is -2.14. The molecule has 1 aromatic heterocycles. The van der Waals surface area contributed by atoms with Gasteiger partial charge in [0.1, 0.15) is 5.75 Å². The van der Waals surface area contributed by atoms with Crippen molar-refractivity contribution in [3.8, 4) is 11.6 Å². The maximum Gasteiger partial charge on any atom is 0.219 e. The summed E-state index contributed by atoms with van der Waals surface area (Å²) in [6, 6.07) is 11.5. The molecular formula is C16H18INO2. The van der Waals surface area contributed by atoms with E-state index in [1.54, 1.807) is 6.07 Å². The van der Waals surface area contributed by atoms with Crippen molar-refractivity contribution in [2.75, 3.05) is 0 Å². The monoisotopic (exact) mass is 383 g/mol. The molecular weight excluding hydrogens is 365 g/mol. The number of hydrogen-bond donors (Lipinski definition) is 1. The van der Waals surface area contributed by atoms with Crippen LogP contribution in [0.4, 0.5) is 0 Å². The molecule has 0 atom stereocenters. The molecule has 0 radical (unpaired) electrons. The van der Waals surface area contributed by atoms with E-state index in [2.05, 4.69) is 48.3 Å². The van der Waals surface area contributed by atoms with Gasteiger partial charge in [-0.2, -0.15) is 0 Å². The van der Waals surface area contributed by atoms with Crippen molar-refractivity contribution in [1.29, 1.82) is 0 Å². The lowest BCUT2D eigenvalue weighted by molar-refractivity contribution is 0.280. The van der Waals surface area contributed by atoms with Crippen LogP contribution in [0.2, 0.25) is 0 Å². The molecule has 2 rings (SSSR count). The number of benzene rings is 1. The lowest BCUT2D eigenvalue weighted by Gasteiger charge is -2.19. The van der Waals surface area contributed by atoms with Gasteiger partial charge in [0.25, 0.3) is 0 Å². The largest absolute Gasteiger partial charge is 0.439 e. The van der Waals surface area contributed by atoms with Crippen LogP contribution in [0.3, 0.4) is 0 Å². The van der Waals surface area contributed by atoms with Crippen molar-refractivity contribution >= 4 is 22.6 Å². The van der Waals surface area contributed by atoms with Crippen molar-refractivity contribution in [3.05, 3.63) is 51.2 Å². The summed E-state index contributed by atoms with van der Waals surface area (Å²) >= 11 is 2.25. The Morgan fingerprint density at radius 3 is 2.35 bits per heavy atom. The molecule has 4 heteroatoms. The summed E-state index contributed by atoms with van der Waals surface area (Å²) in [6.07, 6.45) is 0. The van der Waals surface area contributed by atoms with Crippen molar-refractivity contribution in [2.45, 2.75) is 32.8 Å². The highest BCUT2D eigenvalue weighted by molar-refractivity contribution is 14.1. The minimum absolute atomic E-state index is 0.0192. The Bertz CT molecular complexity index is 588. The first kappa shape index (κ1) is 15.3. The maximum atomic E-state index is 9.37. The van der Waals surface area contributed by atoms with E-state index in [0.717, 1.165) is 20.6 Å². The van der Waals surface area contributed by atoms with Crippen LogP contribution in [0.25, 0.3) is 0 Å². The minimum atomic E-state index is -0.0879. The fraction of sp³-hybridized carbons (Fsp3) is 0.312. The van der Waals surface area contributed by atoms with E-state index in [4.69, 9.17) is 4.74 Å². The molecule has 1 aromatic carbocycles. The molecule has 106 valence electrons. The van der Waals surface area contributed by atoms with Gasteiger partial charge < -0.3 is 9.84 Å². The van der Waals surface area contributed by atoms with Crippen molar-refractivity contribution in [1.82, 2.24) is 4.98 Å². The Balaban J connectivity index is 2.33. The first-order valence-electron chi connectivity index (χ1n) is 6.44. The molecule has 0 bridgehead atoms. The molecule has 20 heavy (non-hydrogen) atoms. The molecule has 1 N–H and O–H groups in total. The number of hydrogen-bond acceptors (Lipinski definition) is 3. The Labute approximate surface area is 133 Å². The van der Waals surface area contributed by atoms with Crippen LogP contribution in [0.5, 0.6) is 11.6 Å². The number of pyridine rings is 1. The molecule has 0 fully saturated rings. The topological polar surface area (TPSA) is 42.4 Å². The Kier molecular flexibility index (Phi) is 4.65. The summed E-state index contributed by atoms with van der Waals surface area (Å²) in [5.41, 5.74) is 1.63. The third kappa shape index (κ3) is 3.93. The van der Waals surface area contributed by atoms with Crippen LogP contribution in [0.1, 0.15) is 32.0 Å². The van der Waals surface area contributed by atoms with Gasteiger partial charge in [-0.3, -0.25) is 0 Å². The minimum Gasteiger partial charge on any atom is -0.439 e. The van der Waals surface area contributed by atoms with E-state index in [9.17, 15) is 5.11 Å². The zero-order valence-electron chi connectivity index (χ0n) is 11.9. The molecule has 0 amide bonds. The normalized spacial score (nSPS) is 11.4. The second-order valence-corrected chi connectivity index (χ2v) is 6.91. The fourth-order valence-electron chi connectivity index (χ4n) is 1.71. The number of halogens is 1. The number of aliphatic hydroxyl groups excluding tert-OH is 1. The summed E-state index contributed by atoms with van der Waals surface area (Å²) in [6.45, 7) is 6.25. The predicted octanol–water partition coefficient (Wildman–Crippen LogP) is 4.27. The summed E-state index contributed by atoms with van der Waals surface area (Å²) in [5.74, 6) is 1.26. The maximum absolute atomic E-state index is 9.37. The molecule has 0 saturated carbocycles. The van der Waals surface area contributed by atoms with Gasteiger partial charge in [0.05, 0.1) is 12.3 Å². The van der Waals surface area contributed by atoms with E-state index in [-0.39, 0.29) is 12.0 Å². The summed E-state index contributed by atoms with van der Waals surface area (Å²) in [5, 5.41) is 9.37. The van der Waals surface area contributed by atoms with E-state index in [1.165, 1.54) is 0 Å². The van der Waals surface area contributed by atoms with Crippen LogP contribution in [-0.2, 0) is 12.0 Å². The Morgan fingerprint density at radius 2 is 1.80 bits per heavy atom. The van der Waals surface area contributed by atoms with Gasteiger partial charge in [-0.05, 0) is 58.5 Å². The molecule has 1 heterocycles. The van der Waals surface area contributed by atoms with E-state index >= 15 is 0 Å². The van der Waals surface area contributed by atoms with Crippen molar-refractivity contribution in [2.24, 2.45) is 0 Å². The highest BCUT2D eigenvalue weighted by atomic mass is 127. The second-order valence-electron chi connectivity index (χ2n) is 5.66. The Hall–Kier alpha value is -1.14. The third-order valence-corrected chi connectivity index (χ3v) is 3.57. The van der Waals surface area contributed by atoms with E-state index in [0.29, 0.717) is 5.88 Å². The van der Waals surface area contributed by atoms with Gasteiger partial charge >= 0.3 is 0 Å². The van der Waals surface area contributed by atoms with Gasteiger partial charge in [-0.15, -0.1) is 0 Å². The molecule has 2 aromatic rings. The molecule has 0 aliphatic rings. The fourth-order valence-corrected chi connectivity index (χ4v) is 2.07. The smallest absolute Gasteiger partial charge is 0.219 e. The predicted molar refractivity (Wildman–Crippen MR) is 88.1 cm³/mol. The average Bonchev–Trinajstić information content (AvgIpc) is 2.40. The molecule has 0 aliphatic carbocycles. The summed E-state index contributed by atoms with van der Waals surface area (Å²) in [7, 11) is 0. The van der Waals surface area contributed by atoms with Crippen LogP contribution in [0, 0.1) is 3.57 Å². The Morgan fingerprint density at radius 1 is 1.15 bits per heavy atom. The highest BCUT2D eigenvalue weighted by Gasteiger charge is 2.17. The second kappa shape index (κ2) is 6.10. The number of rotatable bonds is 3. The SMILES string of the molecule is CC(C)(C)c1cc(CO)cc(Oc2ccc(I)cc2)n1. The zero-order chi connectivity index (χ0) is 14.8. The van der Waals surface area contributed by atoms with Crippen LogP contribution < -0.4 is 4.74 Å². The number of ether oxygens (including phenoxy) is 1. The first-order valence-corrected chi connectivity index (χ1v) is 7.52. The highest BCUT2D eigenvalue weighted by Crippen LogP contribution is 2.27. The first-order chi connectivity index (χ1) is 9.38. The van der Waals surface area contributed by atoms with Gasteiger partial charge in [-0.1, -0.05) is 20.8 Å². The van der Waals surface area contributed by atoms with Gasteiger partial charge in [0.2, 0.25) is 5.88 Å². The van der Waals surface area contributed by atoms with Crippen LogP contribution in [0.15, 0.2) is 36.4 Å². The molecule has 0 spiro atoms. The summed E-state index contributed by atoms with van der Waals surface area (Å²) in [4.78, 5) is 4.54. The number of nitrogens with zero attached hydrogens (tertiary/aromatic N) is 1. The van der Waals surface area contributed by atoms with Gasteiger partial charge in [0.15, 0.2) is 0 Å². The van der Waals surface area contributed by atoms with Gasteiger partial charge in [-0.25, -0.2) is 4.98 Å². The number of aliphatic hydroxyl groups is 1. The molecule has 3 nitrogen and oxygen atoms in total. The quantitative estimate of drug-likeness (QED) is 0.806. The third-order valence-electron chi connectivity index (χ3n) is 2.85. The number of aromatic nitrogens is 1. The zero-order valence-corrected chi connectivity index (χ0v) is 14.0. The van der Waals surface area contributed by atoms with Crippen molar-refractivity contribution in [3.63, 3.8) is 0 Å². The molecule has 0 saturated heterocycles. The standard InChI is InChI=1S/C16H18INO2/c1-16(2,3)14-8-11(10-19)9-15(18-14)20-13-6-4-12(17)5-7-13/h4-9,19H,10H2,1-3H3. The van der Waals surface area contributed by atoms with Crippen LogP contribution >= 0.6 is 22.6 Å². The molecule has 0 unspecified atom stereocenters. The summed E-state index contributed by atoms with van der Waals surface area (Å²) < 4.78 is 6.94. The van der Waals surface area contributed by atoms with E-state index in [1.807, 2.05) is 30.3 Å². The van der Waals surface area contributed by atoms with Gasteiger partial charge in [0, 0.05) is 15.1 Å². The van der Waals surface area contributed by atoms with E-state index < -0.39 is 0 Å². The molecule has 0 aliphatic heterocycles. The lowest BCUT2D eigenvalue weighted by atomic mass is 9.91. The van der Waals surface area contributed by atoms with Crippen LogP contribution in [-0.4, -0.2) is 10.1 Å².